The van der Waals surface area contributed by atoms with Crippen LogP contribution in [0.25, 0.3) is 0 Å². The van der Waals surface area contributed by atoms with E-state index in [1.165, 1.54) is 0 Å². The lowest BCUT2D eigenvalue weighted by Crippen LogP contribution is -2.34. The Morgan fingerprint density at radius 3 is 2.67 bits per heavy atom. The molecule has 0 radical (unpaired) electrons. The van der Waals surface area contributed by atoms with Crippen molar-refractivity contribution in [2.24, 2.45) is 5.10 Å². The van der Waals surface area contributed by atoms with Gasteiger partial charge in [-0.1, -0.05) is 0 Å². The average molecular weight is 254 g/mol. The van der Waals surface area contributed by atoms with E-state index in [0.717, 1.165) is 12.1 Å². The summed E-state index contributed by atoms with van der Waals surface area (Å²) in [7, 11) is 0. The van der Waals surface area contributed by atoms with E-state index in [2.05, 4.69) is 5.10 Å². The number of rotatable bonds is 2. The van der Waals surface area contributed by atoms with E-state index >= 15 is 0 Å². The molecule has 2 rings (SSSR count). The minimum Gasteiger partial charge on any atom is -0.477 e. The standard InChI is InChI=1S/C11H8F2N2O3/c12-6-1-3-9(7(13)5-6)15-10(16)4-2-8(14-15)11(17)18/h1,3,5H,2,4H2,(H,17,18). The lowest BCUT2D eigenvalue weighted by atomic mass is 10.1. The average Bonchev–Trinajstić information content (AvgIpc) is 2.30. The van der Waals surface area contributed by atoms with Gasteiger partial charge in [0, 0.05) is 18.9 Å². The zero-order chi connectivity index (χ0) is 13.3. The van der Waals surface area contributed by atoms with E-state index in [0.29, 0.717) is 11.1 Å². The number of hydrazone groups is 1. The molecule has 0 atom stereocenters. The van der Waals surface area contributed by atoms with Crippen LogP contribution in [-0.2, 0) is 9.59 Å². The van der Waals surface area contributed by atoms with Crippen molar-refractivity contribution in [2.75, 3.05) is 5.01 Å². The molecule has 1 aliphatic heterocycles. The Kier molecular flexibility index (Phi) is 3.05. The number of nitrogens with zero attached hydrogens (tertiary/aromatic N) is 2. The maximum Gasteiger partial charge on any atom is 0.352 e. The van der Waals surface area contributed by atoms with Crippen molar-refractivity contribution < 1.29 is 23.5 Å². The molecular formula is C11H8F2N2O3. The highest BCUT2D eigenvalue weighted by atomic mass is 19.1. The molecule has 7 heteroatoms. The first-order valence-corrected chi connectivity index (χ1v) is 5.08. The van der Waals surface area contributed by atoms with Gasteiger partial charge < -0.3 is 5.11 Å². The van der Waals surface area contributed by atoms with E-state index in [1.807, 2.05) is 0 Å². The van der Waals surface area contributed by atoms with E-state index < -0.39 is 23.5 Å². The number of aliphatic carboxylic acids is 1. The van der Waals surface area contributed by atoms with Crippen molar-refractivity contribution in [3.05, 3.63) is 29.8 Å². The predicted octanol–water partition coefficient (Wildman–Crippen LogP) is 1.53. The zero-order valence-electron chi connectivity index (χ0n) is 9.06. The van der Waals surface area contributed by atoms with Gasteiger partial charge in [0.1, 0.15) is 17.2 Å². The van der Waals surface area contributed by atoms with Crippen LogP contribution in [0.15, 0.2) is 23.3 Å². The molecule has 94 valence electrons. The topological polar surface area (TPSA) is 70.0 Å². The minimum atomic E-state index is -1.27. The highest BCUT2D eigenvalue weighted by molar-refractivity contribution is 6.37. The number of benzene rings is 1. The molecule has 0 bridgehead atoms. The number of hydrogen-bond acceptors (Lipinski definition) is 3. The summed E-state index contributed by atoms with van der Waals surface area (Å²) >= 11 is 0. The van der Waals surface area contributed by atoms with Crippen LogP contribution in [0.2, 0.25) is 0 Å². The number of carboxylic acids is 1. The molecular weight excluding hydrogens is 246 g/mol. The molecule has 0 fully saturated rings. The van der Waals surface area contributed by atoms with Crippen molar-refractivity contribution in [2.45, 2.75) is 12.8 Å². The lowest BCUT2D eigenvalue weighted by molar-refractivity contribution is -0.129. The van der Waals surface area contributed by atoms with Gasteiger partial charge in [-0.25, -0.2) is 13.6 Å². The predicted molar refractivity (Wildman–Crippen MR) is 58.1 cm³/mol. The highest BCUT2D eigenvalue weighted by Crippen LogP contribution is 2.24. The van der Waals surface area contributed by atoms with Gasteiger partial charge in [0.2, 0.25) is 5.91 Å². The van der Waals surface area contributed by atoms with Gasteiger partial charge >= 0.3 is 5.97 Å². The normalized spacial score (nSPS) is 15.6. The third kappa shape index (κ3) is 2.20. The number of carbonyl (C=O) groups excluding carboxylic acids is 1. The van der Waals surface area contributed by atoms with E-state index in [9.17, 15) is 18.4 Å². The number of carbonyl (C=O) groups is 2. The van der Waals surface area contributed by atoms with Crippen LogP contribution in [0.3, 0.4) is 0 Å². The van der Waals surface area contributed by atoms with Crippen molar-refractivity contribution in [3.63, 3.8) is 0 Å². The molecule has 1 aromatic carbocycles. The van der Waals surface area contributed by atoms with Gasteiger partial charge in [-0.2, -0.15) is 10.1 Å². The summed E-state index contributed by atoms with van der Waals surface area (Å²) in [5.74, 6) is -3.57. The first kappa shape index (κ1) is 12.2. The first-order valence-electron chi connectivity index (χ1n) is 5.08. The van der Waals surface area contributed by atoms with Crippen molar-refractivity contribution in [3.8, 4) is 0 Å². The molecule has 1 amide bonds. The Bertz CT molecular complexity index is 557. The summed E-state index contributed by atoms with van der Waals surface area (Å²) < 4.78 is 26.2. The monoisotopic (exact) mass is 254 g/mol. The number of carboxylic acid groups (broad SMARTS) is 1. The Morgan fingerprint density at radius 2 is 2.06 bits per heavy atom. The van der Waals surface area contributed by atoms with Crippen LogP contribution < -0.4 is 5.01 Å². The molecule has 0 saturated carbocycles. The molecule has 0 aliphatic carbocycles. The molecule has 1 aliphatic rings. The van der Waals surface area contributed by atoms with E-state index in [1.54, 1.807) is 0 Å². The van der Waals surface area contributed by atoms with Crippen molar-refractivity contribution >= 4 is 23.3 Å². The molecule has 18 heavy (non-hydrogen) atoms. The maximum absolute atomic E-state index is 13.5. The third-order valence-electron chi connectivity index (χ3n) is 2.42. The SMILES string of the molecule is O=C(O)C1=NN(c2ccc(F)cc2F)C(=O)CC1. The summed E-state index contributed by atoms with van der Waals surface area (Å²) in [5, 5.41) is 13.0. The molecule has 1 heterocycles. The van der Waals surface area contributed by atoms with Crippen LogP contribution in [0.5, 0.6) is 0 Å². The summed E-state index contributed by atoms with van der Waals surface area (Å²) in [5.41, 5.74) is -0.502. The summed E-state index contributed by atoms with van der Waals surface area (Å²) in [4.78, 5) is 22.3. The maximum atomic E-state index is 13.5. The molecule has 0 unspecified atom stereocenters. The molecule has 0 spiro atoms. The van der Waals surface area contributed by atoms with Gasteiger partial charge in [0.25, 0.3) is 0 Å². The Balaban J connectivity index is 2.44. The molecule has 1 N–H and O–H groups in total. The number of anilines is 1. The fraction of sp³-hybridized carbons (Fsp3) is 0.182. The van der Waals surface area contributed by atoms with Crippen LogP contribution in [0, 0.1) is 11.6 Å². The fourth-order valence-corrected chi connectivity index (χ4v) is 1.55. The van der Waals surface area contributed by atoms with Crippen LogP contribution in [0.4, 0.5) is 14.5 Å². The molecule has 1 aromatic rings. The van der Waals surface area contributed by atoms with Crippen molar-refractivity contribution in [1.82, 2.24) is 0 Å². The van der Waals surface area contributed by atoms with Gasteiger partial charge in [0.05, 0.1) is 0 Å². The summed E-state index contributed by atoms with van der Waals surface area (Å²) in [6.07, 6.45) is -0.0879. The number of hydrogen-bond donors (Lipinski definition) is 1. The van der Waals surface area contributed by atoms with Crippen LogP contribution in [0.1, 0.15) is 12.8 Å². The second-order valence-corrected chi connectivity index (χ2v) is 3.65. The third-order valence-corrected chi connectivity index (χ3v) is 2.42. The summed E-state index contributed by atoms with van der Waals surface area (Å²) in [6, 6.07) is 2.61. The smallest absolute Gasteiger partial charge is 0.352 e. The lowest BCUT2D eigenvalue weighted by Gasteiger charge is -2.22. The second-order valence-electron chi connectivity index (χ2n) is 3.65. The summed E-state index contributed by atoms with van der Waals surface area (Å²) in [6.45, 7) is 0. The zero-order valence-corrected chi connectivity index (χ0v) is 9.06. The number of amides is 1. The van der Waals surface area contributed by atoms with E-state index in [4.69, 9.17) is 5.11 Å². The van der Waals surface area contributed by atoms with Gasteiger partial charge in [-0.15, -0.1) is 0 Å². The largest absolute Gasteiger partial charge is 0.477 e. The Hall–Kier alpha value is -2.31. The van der Waals surface area contributed by atoms with Gasteiger partial charge in [0.15, 0.2) is 5.82 Å². The van der Waals surface area contributed by atoms with Gasteiger partial charge in [-0.05, 0) is 12.1 Å². The first-order chi connectivity index (χ1) is 8.49. The quantitative estimate of drug-likeness (QED) is 0.870. The van der Waals surface area contributed by atoms with Crippen LogP contribution >= 0.6 is 0 Å². The highest BCUT2D eigenvalue weighted by Gasteiger charge is 2.27. The molecule has 5 nitrogen and oxygen atoms in total. The fourth-order valence-electron chi connectivity index (χ4n) is 1.55. The molecule has 0 aromatic heterocycles. The van der Waals surface area contributed by atoms with E-state index in [-0.39, 0.29) is 24.2 Å². The second kappa shape index (κ2) is 4.52. The van der Waals surface area contributed by atoms with Crippen molar-refractivity contribution in [1.29, 1.82) is 0 Å². The molecule has 0 saturated heterocycles. The minimum absolute atomic E-state index is 0.00647. The Labute approximate surface area is 100 Å². The van der Waals surface area contributed by atoms with Crippen LogP contribution in [-0.4, -0.2) is 22.7 Å². The number of halogens is 2. The van der Waals surface area contributed by atoms with Gasteiger partial charge in [-0.3, -0.25) is 4.79 Å². The Morgan fingerprint density at radius 1 is 1.33 bits per heavy atom.